The zero-order valence-electron chi connectivity index (χ0n) is 19.8. The second-order valence-electron chi connectivity index (χ2n) is 7.09. The highest BCUT2D eigenvalue weighted by Crippen LogP contribution is 2.40. The molecule has 0 saturated carbocycles. The second-order valence-corrected chi connectivity index (χ2v) is 7.09. The summed E-state index contributed by atoms with van der Waals surface area (Å²) >= 11 is 0. The van der Waals surface area contributed by atoms with Gasteiger partial charge in [-0.2, -0.15) is 0 Å². The van der Waals surface area contributed by atoms with Gasteiger partial charge in [0.1, 0.15) is 19.6 Å². The van der Waals surface area contributed by atoms with Gasteiger partial charge in [-0.15, -0.1) is 0 Å². The van der Waals surface area contributed by atoms with Gasteiger partial charge in [0.05, 0.1) is 5.56 Å². The van der Waals surface area contributed by atoms with Crippen LogP contribution in [-0.2, 0) is 7.05 Å². The second kappa shape index (κ2) is 6.35. The number of rotatable bonds is 2. The van der Waals surface area contributed by atoms with Gasteiger partial charge in [0, 0.05) is 32.1 Å². The Morgan fingerprint density at radius 2 is 1.68 bits per heavy atom. The average molecular weight is 368 g/mol. The smallest absolute Gasteiger partial charge is 0.216 e. The van der Waals surface area contributed by atoms with Crippen LogP contribution >= 0.6 is 0 Å². The fourth-order valence-corrected chi connectivity index (χ4v) is 3.93. The van der Waals surface area contributed by atoms with Crippen LogP contribution in [0.2, 0.25) is 0 Å². The highest BCUT2D eigenvalue weighted by atomic mass is 16.3. The molecule has 0 aliphatic rings. The van der Waals surface area contributed by atoms with Gasteiger partial charge >= 0.3 is 0 Å². The maximum Gasteiger partial charge on any atom is 0.216 e. The van der Waals surface area contributed by atoms with E-state index in [0.29, 0.717) is 0 Å². The Hall–Kier alpha value is -3.39. The number of para-hydroxylation sites is 1. The summed E-state index contributed by atoms with van der Waals surface area (Å²) in [5.41, 5.74) is 6.28. The first-order chi connectivity index (χ1) is 15.3. The minimum atomic E-state index is -2.33. The third-order valence-corrected chi connectivity index (χ3v) is 5.27. The van der Waals surface area contributed by atoms with Crippen molar-refractivity contribution >= 4 is 21.9 Å². The maximum absolute atomic E-state index is 8.45. The van der Waals surface area contributed by atoms with Gasteiger partial charge in [-0.3, -0.25) is 0 Å². The summed E-state index contributed by atoms with van der Waals surface area (Å²) in [6.45, 7) is -0.334. The molecule has 0 saturated heterocycles. The normalized spacial score (nSPS) is 13.9. The quantitative estimate of drug-likeness (QED) is 0.331. The molecular weight excluding hydrogens is 342 g/mol. The Morgan fingerprint density at radius 1 is 0.857 bits per heavy atom. The van der Waals surface area contributed by atoms with Crippen molar-refractivity contribution in [2.75, 3.05) is 0 Å². The van der Waals surface area contributed by atoms with Gasteiger partial charge in [-0.1, -0.05) is 60.7 Å². The van der Waals surface area contributed by atoms with Gasteiger partial charge in [0.25, 0.3) is 0 Å². The Bertz CT molecular complexity index is 1480. The van der Waals surface area contributed by atoms with Gasteiger partial charge in [0.2, 0.25) is 5.69 Å². The molecule has 2 heteroatoms. The molecule has 2 nitrogen and oxygen atoms in total. The molecule has 0 aliphatic heterocycles. The largest absolute Gasteiger partial charge is 0.454 e. The predicted molar refractivity (Wildman–Crippen MR) is 115 cm³/mol. The summed E-state index contributed by atoms with van der Waals surface area (Å²) in [6.07, 6.45) is -0.0278. The molecule has 0 fully saturated rings. The molecular formula is C26H22NO+. The topological polar surface area (TPSA) is 17.0 Å². The lowest BCUT2D eigenvalue weighted by Gasteiger charge is -2.06. The van der Waals surface area contributed by atoms with Gasteiger partial charge < -0.3 is 4.42 Å². The number of hydrogen-bond donors (Lipinski definition) is 0. The molecule has 5 aromatic rings. The first kappa shape index (κ1) is 12.9. The third-order valence-electron chi connectivity index (χ3n) is 5.27. The number of furan rings is 1. The Balaban J connectivity index is 1.82. The monoisotopic (exact) mass is 368 g/mol. The molecule has 3 aromatic carbocycles. The fourth-order valence-electron chi connectivity index (χ4n) is 3.93. The summed E-state index contributed by atoms with van der Waals surface area (Å²) in [5.74, 6) is 0. The number of nitrogens with zero attached hydrogens (tertiary/aromatic N) is 1. The molecule has 0 spiro atoms. The van der Waals surface area contributed by atoms with Crippen molar-refractivity contribution in [1.82, 2.24) is 0 Å². The van der Waals surface area contributed by atoms with Gasteiger partial charge in [-0.05, 0) is 31.0 Å². The number of benzene rings is 3. The summed E-state index contributed by atoms with van der Waals surface area (Å²) in [5, 5.41) is 2.01. The van der Waals surface area contributed by atoms with Crippen LogP contribution in [0.4, 0.5) is 0 Å². The van der Waals surface area contributed by atoms with Crippen LogP contribution in [0.3, 0.4) is 0 Å². The van der Waals surface area contributed by atoms with Crippen LogP contribution in [0, 0.1) is 13.8 Å². The zero-order chi connectivity index (χ0) is 22.6. The van der Waals surface area contributed by atoms with Crippen molar-refractivity contribution in [3.8, 4) is 22.4 Å². The number of pyridine rings is 1. The average Bonchev–Trinajstić information content (AvgIpc) is 3.14. The Kier molecular flexibility index (Phi) is 2.92. The molecule has 0 N–H and O–H groups in total. The summed E-state index contributed by atoms with van der Waals surface area (Å²) < 4.78 is 39.7. The molecule has 5 rings (SSSR count). The molecule has 0 radical (unpaired) electrons. The van der Waals surface area contributed by atoms with E-state index in [1.807, 2.05) is 37.3 Å². The van der Waals surface area contributed by atoms with Crippen LogP contribution in [0.15, 0.2) is 83.4 Å². The molecule has 2 heterocycles. The lowest BCUT2D eigenvalue weighted by Crippen LogP contribution is -2.31. The number of fused-ring (bicyclic) bond motifs is 3. The number of aromatic nitrogens is 1. The zero-order valence-corrected chi connectivity index (χ0v) is 15.8. The van der Waals surface area contributed by atoms with E-state index < -0.39 is 6.85 Å². The minimum absolute atomic E-state index is 0.0278. The van der Waals surface area contributed by atoms with Gasteiger partial charge in [-0.25, -0.2) is 4.57 Å². The summed E-state index contributed by atoms with van der Waals surface area (Å²) in [4.78, 5) is 0. The van der Waals surface area contributed by atoms with E-state index in [1.165, 1.54) is 6.07 Å². The SMILES string of the molecule is [2H]c1c(C([2H])([2H])[2H])ccc(-c2c(C)ccc3c2oc2c(-c4ccccc4)cccc23)[n+]1C. The molecule has 0 bridgehead atoms. The predicted octanol–water partition coefficient (Wildman–Crippen LogP) is 6.36. The van der Waals surface area contributed by atoms with E-state index in [-0.39, 0.29) is 11.7 Å². The maximum atomic E-state index is 8.45. The molecule has 0 aliphatic carbocycles. The highest BCUT2D eigenvalue weighted by Gasteiger charge is 2.21. The lowest BCUT2D eigenvalue weighted by atomic mass is 9.99. The highest BCUT2D eigenvalue weighted by molar-refractivity contribution is 6.13. The van der Waals surface area contributed by atoms with Crippen LogP contribution in [-0.4, -0.2) is 0 Å². The lowest BCUT2D eigenvalue weighted by molar-refractivity contribution is -0.660. The number of aryl methyl sites for hydroxylation is 2. The molecule has 2 aromatic heterocycles. The van der Waals surface area contributed by atoms with Crippen LogP contribution < -0.4 is 4.57 Å². The van der Waals surface area contributed by atoms with Crippen molar-refractivity contribution in [2.24, 2.45) is 7.05 Å². The summed E-state index contributed by atoms with van der Waals surface area (Å²) in [6, 6.07) is 23.7. The third kappa shape index (κ3) is 2.53. The van der Waals surface area contributed by atoms with E-state index in [0.717, 1.165) is 49.9 Å². The molecule has 0 atom stereocenters. The molecule has 0 amide bonds. The van der Waals surface area contributed by atoms with E-state index in [4.69, 9.17) is 9.90 Å². The van der Waals surface area contributed by atoms with Crippen molar-refractivity contribution in [2.45, 2.75) is 13.8 Å². The summed E-state index contributed by atoms with van der Waals surface area (Å²) in [7, 11) is 1.73. The molecule has 28 heavy (non-hydrogen) atoms. The minimum Gasteiger partial charge on any atom is -0.454 e. The molecule has 0 unspecified atom stereocenters. The Labute approximate surface area is 170 Å². The van der Waals surface area contributed by atoms with Crippen LogP contribution in [0.5, 0.6) is 0 Å². The van der Waals surface area contributed by atoms with E-state index in [2.05, 4.69) is 30.3 Å². The van der Waals surface area contributed by atoms with Crippen molar-refractivity contribution in [3.63, 3.8) is 0 Å². The van der Waals surface area contributed by atoms with Crippen molar-refractivity contribution < 1.29 is 14.5 Å². The Morgan fingerprint density at radius 3 is 2.50 bits per heavy atom. The van der Waals surface area contributed by atoms with Gasteiger partial charge in [0.15, 0.2) is 6.17 Å². The van der Waals surface area contributed by atoms with Crippen molar-refractivity contribution in [3.05, 3.63) is 90.1 Å². The van der Waals surface area contributed by atoms with E-state index >= 15 is 0 Å². The van der Waals surface area contributed by atoms with E-state index in [1.54, 1.807) is 17.7 Å². The first-order valence-electron chi connectivity index (χ1n) is 11.3. The molecule has 136 valence electrons. The van der Waals surface area contributed by atoms with Crippen LogP contribution in [0.25, 0.3) is 44.3 Å². The van der Waals surface area contributed by atoms with Crippen LogP contribution in [0.1, 0.15) is 16.6 Å². The number of hydrogen-bond acceptors (Lipinski definition) is 1. The van der Waals surface area contributed by atoms with E-state index in [9.17, 15) is 0 Å². The standard InChI is InChI=1S/C26H22NO/c1-17-12-15-23(27(3)16-17)24-18(2)13-14-22-21-11-7-10-20(25(21)28-26(22)24)19-8-5-4-6-9-19/h4-16H,1-3H3/q+1/i1D3,16D. The van der Waals surface area contributed by atoms with Crippen molar-refractivity contribution in [1.29, 1.82) is 0 Å². The first-order valence-corrected chi connectivity index (χ1v) is 9.28. The fraction of sp³-hybridized carbons (Fsp3) is 0.115.